The summed E-state index contributed by atoms with van der Waals surface area (Å²) < 4.78 is 0. The third kappa shape index (κ3) is 5.56. The number of nitrogens with zero attached hydrogens (tertiary/aromatic N) is 1. The van der Waals surface area contributed by atoms with Gasteiger partial charge in [-0.15, -0.1) is 0 Å². The molecule has 1 aliphatic carbocycles. The second-order valence-corrected chi connectivity index (χ2v) is 7.27. The van der Waals surface area contributed by atoms with Crippen LogP contribution in [0.25, 0.3) is 0 Å². The van der Waals surface area contributed by atoms with Crippen LogP contribution in [0.2, 0.25) is 0 Å². The summed E-state index contributed by atoms with van der Waals surface area (Å²) in [7, 11) is 0. The molecule has 2 N–H and O–H groups in total. The normalized spacial score (nSPS) is 19.4. The first kappa shape index (κ1) is 17.9. The van der Waals surface area contributed by atoms with Gasteiger partial charge in [0.05, 0.1) is 6.54 Å². The van der Waals surface area contributed by atoms with Gasteiger partial charge in [-0.1, -0.05) is 25.7 Å². The first-order chi connectivity index (χ1) is 12.2. The topological polar surface area (TPSA) is 61.4 Å². The molecule has 0 spiro atoms. The van der Waals surface area contributed by atoms with E-state index >= 15 is 0 Å². The van der Waals surface area contributed by atoms with Crippen LogP contribution in [0, 0.1) is 0 Å². The van der Waals surface area contributed by atoms with Crippen molar-refractivity contribution in [1.29, 1.82) is 0 Å². The van der Waals surface area contributed by atoms with Crippen molar-refractivity contribution >= 4 is 17.5 Å². The fourth-order valence-corrected chi connectivity index (χ4v) is 3.74. The Morgan fingerprint density at radius 2 is 1.56 bits per heavy atom. The van der Waals surface area contributed by atoms with Crippen LogP contribution in [0.15, 0.2) is 24.3 Å². The number of likely N-dealkylation sites (tertiary alicyclic amines) is 1. The van der Waals surface area contributed by atoms with Gasteiger partial charge in [0.15, 0.2) is 0 Å². The van der Waals surface area contributed by atoms with E-state index in [2.05, 4.69) is 15.5 Å². The minimum absolute atomic E-state index is 0.0151. The van der Waals surface area contributed by atoms with Gasteiger partial charge in [0.1, 0.15) is 0 Å². The zero-order valence-electron chi connectivity index (χ0n) is 14.9. The van der Waals surface area contributed by atoms with Crippen molar-refractivity contribution in [3.8, 4) is 0 Å². The summed E-state index contributed by atoms with van der Waals surface area (Å²) in [4.78, 5) is 26.6. The Morgan fingerprint density at radius 3 is 2.24 bits per heavy atom. The summed E-state index contributed by atoms with van der Waals surface area (Å²) in [5.74, 6) is -0.000555. The number of carbonyl (C=O) groups excluding carboxylic acids is 2. The summed E-state index contributed by atoms with van der Waals surface area (Å²) >= 11 is 0. The van der Waals surface area contributed by atoms with E-state index in [1.807, 2.05) is 12.1 Å². The lowest BCUT2D eigenvalue weighted by Gasteiger charge is -2.25. The molecule has 2 aliphatic rings. The minimum atomic E-state index is -0.0157. The number of nitrogens with one attached hydrogen (secondary N) is 2. The van der Waals surface area contributed by atoms with E-state index in [4.69, 9.17) is 0 Å². The van der Waals surface area contributed by atoms with Crippen LogP contribution in [-0.2, 0) is 4.79 Å². The summed E-state index contributed by atoms with van der Waals surface area (Å²) in [5.41, 5.74) is 1.40. The molecular weight excluding hydrogens is 314 g/mol. The quantitative estimate of drug-likeness (QED) is 0.863. The highest BCUT2D eigenvalue weighted by molar-refractivity contribution is 5.96. The monoisotopic (exact) mass is 343 g/mol. The first-order valence-corrected chi connectivity index (χ1v) is 9.64. The molecular formula is C20H29N3O2. The first-order valence-electron chi connectivity index (χ1n) is 9.64. The molecule has 25 heavy (non-hydrogen) atoms. The Bertz CT molecular complexity index is 573. The molecule has 0 atom stereocenters. The van der Waals surface area contributed by atoms with Crippen molar-refractivity contribution < 1.29 is 9.59 Å². The molecule has 0 unspecified atom stereocenters. The third-order valence-electron chi connectivity index (χ3n) is 5.19. The van der Waals surface area contributed by atoms with Gasteiger partial charge >= 0.3 is 0 Å². The summed E-state index contributed by atoms with van der Waals surface area (Å²) in [6, 6.07) is 7.50. The Hall–Kier alpha value is -1.88. The van der Waals surface area contributed by atoms with E-state index in [0.717, 1.165) is 31.6 Å². The maximum atomic E-state index is 12.3. The Balaban J connectivity index is 1.47. The van der Waals surface area contributed by atoms with Gasteiger partial charge in [-0.2, -0.15) is 0 Å². The number of piperidine rings is 1. The fraction of sp³-hybridized carbons (Fsp3) is 0.600. The zero-order chi connectivity index (χ0) is 17.5. The van der Waals surface area contributed by atoms with Crippen LogP contribution < -0.4 is 10.6 Å². The molecule has 2 fully saturated rings. The number of anilines is 1. The van der Waals surface area contributed by atoms with Crippen LogP contribution in [0.4, 0.5) is 5.69 Å². The molecule has 0 radical (unpaired) electrons. The Kier molecular flexibility index (Phi) is 6.45. The summed E-state index contributed by atoms with van der Waals surface area (Å²) in [5, 5.41) is 6.04. The summed E-state index contributed by atoms with van der Waals surface area (Å²) in [6.07, 6.45) is 9.46. The van der Waals surface area contributed by atoms with E-state index < -0.39 is 0 Å². The molecule has 5 heteroatoms. The molecule has 1 aromatic rings. The van der Waals surface area contributed by atoms with Gasteiger partial charge in [0, 0.05) is 17.3 Å². The number of hydrogen-bond acceptors (Lipinski definition) is 3. The Labute approximate surface area is 150 Å². The molecule has 1 aliphatic heterocycles. The van der Waals surface area contributed by atoms with E-state index in [0.29, 0.717) is 18.2 Å². The van der Waals surface area contributed by atoms with Crippen molar-refractivity contribution in [2.75, 3.05) is 25.0 Å². The number of amides is 2. The molecule has 0 aromatic heterocycles. The minimum Gasteiger partial charge on any atom is -0.349 e. The van der Waals surface area contributed by atoms with Crippen LogP contribution in [0.1, 0.15) is 61.7 Å². The predicted molar refractivity (Wildman–Crippen MR) is 99.7 cm³/mol. The zero-order valence-corrected chi connectivity index (χ0v) is 14.9. The molecule has 1 saturated heterocycles. The maximum absolute atomic E-state index is 12.3. The molecule has 0 bridgehead atoms. The lowest BCUT2D eigenvalue weighted by molar-refractivity contribution is -0.117. The van der Waals surface area contributed by atoms with Crippen LogP contribution in [0.3, 0.4) is 0 Å². The second-order valence-electron chi connectivity index (χ2n) is 7.27. The van der Waals surface area contributed by atoms with Gasteiger partial charge in [-0.05, 0) is 63.0 Å². The van der Waals surface area contributed by atoms with Gasteiger partial charge in [-0.3, -0.25) is 14.5 Å². The number of rotatable bonds is 5. The number of hydrogen-bond donors (Lipinski definition) is 2. The second kappa shape index (κ2) is 8.99. The van der Waals surface area contributed by atoms with Gasteiger partial charge in [-0.25, -0.2) is 0 Å². The highest BCUT2D eigenvalue weighted by atomic mass is 16.2. The third-order valence-corrected chi connectivity index (χ3v) is 5.19. The molecule has 2 amide bonds. The van der Waals surface area contributed by atoms with E-state index in [9.17, 15) is 9.59 Å². The van der Waals surface area contributed by atoms with E-state index in [-0.39, 0.29) is 11.8 Å². The Morgan fingerprint density at radius 1 is 0.920 bits per heavy atom. The number of benzene rings is 1. The van der Waals surface area contributed by atoms with Crippen LogP contribution >= 0.6 is 0 Å². The van der Waals surface area contributed by atoms with Crippen molar-refractivity contribution in [1.82, 2.24) is 10.2 Å². The van der Waals surface area contributed by atoms with Crippen LogP contribution in [0.5, 0.6) is 0 Å². The molecule has 3 rings (SSSR count). The predicted octanol–water partition coefficient (Wildman–Crippen LogP) is 3.17. The standard InChI is InChI=1S/C20H29N3O2/c24-19(15-23-13-5-2-6-14-23)21-18-11-9-16(10-12-18)20(25)22-17-7-3-1-4-8-17/h9-12,17H,1-8,13-15H2,(H,21,24)(H,22,25). The van der Waals surface area contributed by atoms with Gasteiger partial charge < -0.3 is 10.6 Å². The lowest BCUT2D eigenvalue weighted by atomic mass is 9.95. The average molecular weight is 343 g/mol. The molecule has 5 nitrogen and oxygen atoms in total. The molecule has 1 saturated carbocycles. The largest absolute Gasteiger partial charge is 0.349 e. The molecule has 1 aromatic carbocycles. The van der Waals surface area contributed by atoms with Crippen LogP contribution in [-0.4, -0.2) is 42.4 Å². The van der Waals surface area contributed by atoms with Gasteiger partial charge in [0.2, 0.25) is 5.91 Å². The lowest BCUT2D eigenvalue weighted by Crippen LogP contribution is -2.37. The molecule has 136 valence electrons. The van der Waals surface area contributed by atoms with Crippen molar-refractivity contribution in [2.24, 2.45) is 0 Å². The maximum Gasteiger partial charge on any atom is 0.251 e. The van der Waals surface area contributed by atoms with Crippen molar-refractivity contribution in [3.05, 3.63) is 29.8 Å². The van der Waals surface area contributed by atoms with Gasteiger partial charge in [0.25, 0.3) is 5.91 Å². The van der Waals surface area contributed by atoms with E-state index in [1.54, 1.807) is 12.1 Å². The fourth-order valence-electron chi connectivity index (χ4n) is 3.74. The van der Waals surface area contributed by atoms with E-state index in [1.165, 1.54) is 38.5 Å². The molecule has 1 heterocycles. The van der Waals surface area contributed by atoms with Crippen molar-refractivity contribution in [2.45, 2.75) is 57.4 Å². The number of carbonyl (C=O) groups is 2. The highest BCUT2D eigenvalue weighted by Gasteiger charge is 2.17. The SMILES string of the molecule is O=C(CN1CCCCC1)Nc1ccc(C(=O)NC2CCCCC2)cc1. The smallest absolute Gasteiger partial charge is 0.251 e. The van der Waals surface area contributed by atoms with Crippen molar-refractivity contribution in [3.63, 3.8) is 0 Å². The average Bonchev–Trinajstić information content (AvgIpc) is 2.64. The highest BCUT2D eigenvalue weighted by Crippen LogP contribution is 2.18. The summed E-state index contributed by atoms with van der Waals surface area (Å²) in [6.45, 7) is 2.46.